The Hall–Kier alpha value is -1.68. The topological polar surface area (TPSA) is 21.7 Å². The molecule has 23 heavy (non-hydrogen) atoms. The number of benzene rings is 2. The van der Waals surface area contributed by atoms with Crippen molar-refractivity contribution in [1.82, 2.24) is 4.90 Å². The number of hydrogen-bond acceptors (Lipinski definition) is 3. The van der Waals surface area contributed by atoms with E-state index in [0.717, 1.165) is 32.8 Å². The number of rotatable bonds is 6. The molecule has 2 aromatic rings. The molecule has 1 saturated heterocycles. The minimum absolute atomic E-state index is 0.00383. The molecule has 0 bridgehead atoms. The first-order valence-corrected chi connectivity index (χ1v) is 8.38. The highest BCUT2D eigenvalue weighted by molar-refractivity contribution is 5.29. The smallest absolute Gasteiger partial charge is 0.108 e. The van der Waals surface area contributed by atoms with Gasteiger partial charge in [-0.05, 0) is 18.1 Å². The molecule has 122 valence electrons. The van der Waals surface area contributed by atoms with Gasteiger partial charge >= 0.3 is 0 Å². The van der Waals surface area contributed by atoms with E-state index in [2.05, 4.69) is 60.4 Å². The van der Waals surface area contributed by atoms with Crippen LogP contribution in [-0.2, 0) is 9.47 Å². The van der Waals surface area contributed by atoms with Crippen LogP contribution < -0.4 is 0 Å². The van der Waals surface area contributed by atoms with Crippen molar-refractivity contribution in [2.45, 2.75) is 19.1 Å². The number of morpholine rings is 1. The quantitative estimate of drug-likeness (QED) is 0.815. The molecular weight excluding hydrogens is 286 g/mol. The second-order valence-electron chi connectivity index (χ2n) is 6.05. The van der Waals surface area contributed by atoms with Crippen LogP contribution in [0.2, 0.25) is 0 Å². The second-order valence-corrected chi connectivity index (χ2v) is 6.05. The van der Waals surface area contributed by atoms with Gasteiger partial charge in [0.15, 0.2) is 0 Å². The van der Waals surface area contributed by atoms with Gasteiger partial charge in [0.25, 0.3) is 0 Å². The molecule has 1 aliphatic heterocycles. The summed E-state index contributed by atoms with van der Waals surface area (Å²) < 4.78 is 11.9. The summed E-state index contributed by atoms with van der Waals surface area (Å²) in [5.41, 5.74) is 2.41. The standard InChI is InChI=1S/C20H25NO2/c1-17-16-21(12-14-22-17)13-15-23-20(18-8-4-2-5-9-18)19-10-6-3-7-11-19/h2-11,17,20H,12-16H2,1H3. The lowest BCUT2D eigenvalue weighted by atomic mass is 10.0. The van der Waals surface area contributed by atoms with Gasteiger partial charge in [0, 0.05) is 19.6 Å². The van der Waals surface area contributed by atoms with Gasteiger partial charge in [-0.2, -0.15) is 0 Å². The van der Waals surface area contributed by atoms with Gasteiger partial charge in [-0.1, -0.05) is 60.7 Å². The van der Waals surface area contributed by atoms with E-state index in [4.69, 9.17) is 9.47 Å². The van der Waals surface area contributed by atoms with Crippen LogP contribution >= 0.6 is 0 Å². The lowest BCUT2D eigenvalue weighted by molar-refractivity contribution is -0.0312. The third-order valence-corrected chi connectivity index (χ3v) is 4.22. The molecule has 1 fully saturated rings. The first kappa shape index (κ1) is 16.2. The van der Waals surface area contributed by atoms with E-state index in [-0.39, 0.29) is 6.10 Å². The summed E-state index contributed by atoms with van der Waals surface area (Å²) in [6, 6.07) is 20.9. The van der Waals surface area contributed by atoms with Crippen molar-refractivity contribution in [3.63, 3.8) is 0 Å². The Bertz CT molecular complexity index is 533. The minimum Gasteiger partial charge on any atom is -0.376 e. The van der Waals surface area contributed by atoms with Gasteiger partial charge in [0.1, 0.15) is 6.10 Å². The van der Waals surface area contributed by atoms with E-state index >= 15 is 0 Å². The molecule has 2 aromatic carbocycles. The third kappa shape index (κ3) is 4.64. The SMILES string of the molecule is CC1CN(CCOC(c2ccccc2)c2ccccc2)CCO1. The van der Waals surface area contributed by atoms with Gasteiger partial charge in [-0.3, -0.25) is 4.90 Å². The number of nitrogens with zero attached hydrogens (tertiary/aromatic N) is 1. The third-order valence-electron chi connectivity index (χ3n) is 4.22. The van der Waals surface area contributed by atoms with Crippen LogP contribution in [0.25, 0.3) is 0 Å². The highest BCUT2D eigenvalue weighted by Crippen LogP contribution is 2.25. The maximum atomic E-state index is 6.27. The van der Waals surface area contributed by atoms with E-state index in [0.29, 0.717) is 6.10 Å². The predicted octanol–water partition coefficient (Wildman–Crippen LogP) is 3.51. The summed E-state index contributed by atoms with van der Waals surface area (Å²) in [5.74, 6) is 0. The molecule has 0 saturated carbocycles. The van der Waals surface area contributed by atoms with Crippen LogP contribution in [0.3, 0.4) is 0 Å². The van der Waals surface area contributed by atoms with E-state index in [1.54, 1.807) is 0 Å². The average molecular weight is 311 g/mol. The van der Waals surface area contributed by atoms with E-state index in [9.17, 15) is 0 Å². The van der Waals surface area contributed by atoms with Gasteiger partial charge in [-0.15, -0.1) is 0 Å². The van der Waals surface area contributed by atoms with Gasteiger partial charge < -0.3 is 9.47 Å². The molecule has 3 rings (SSSR count). The van der Waals surface area contributed by atoms with Gasteiger partial charge in [-0.25, -0.2) is 0 Å². The molecule has 0 aromatic heterocycles. The molecule has 3 nitrogen and oxygen atoms in total. The molecule has 1 atom stereocenters. The van der Waals surface area contributed by atoms with Gasteiger partial charge in [0.2, 0.25) is 0 Å². The summed E-state index contributed by atoms with van der Waals surface area (Å²) in [6.07, 6.45) is 0.318. The zero-order valence-corrected chi connectivity index (χ0v) is 13.7. The molecule has 0 aliphatic carbocycles. The molecule has 0 N–H and O–H groups in total. The molecule has 1 heterocycles. The van der Waals surface area contributed by atoms with Crippen molar-refractivity contribution in [2.75, 3.05) is 32.8 Å². The monoisotopic (exact) mass is 311 g/mol. The normalized spacial score (nSPS) is 19.1. The minimum atomic E-state index is -0.00383. The van der Waals surface area contributed by atoms with Crippen molar-refractivity contribution >= 4 is 0 Å². The maximum Gasteiger partial charge on any atom is 0.108 e. The van der Waals surface area contributed by atoms with Gasteiger partial charge in [0.05, 0.1) is 19.3 Å². The van der Waals surface area contributed by atoms with Crippen LogP contribution in [0, 0.1) is 0 Å². The fourth-order valence-electron chi connectivity index (χ4n) is 3.03. The van der Waals surface area contributed by atoms with Crippen molar-refractivity contribution in [3.8, 4) is 0 Å². The number of ether oxygens (including phenoxy) is 2. The fraction of sp³-hybridized carbons (Fsp3) is 0.400. The van der Waals surface area contributed by atoms with Crippen molar-refractivity contribution < 1.29 is 9.47 Å². The molecule has 0 radical (unpaired) electrons. The van der Waals surface area contributed by atoms with Crippen LogP contribution in [0.5, 0.6) is 0 Å². The molecule has 0 spiro atoms. The number of hydrogen-bond donors (Lipinski definition) is 0. The zero-order valence-electron chi connectivity index (χ0n) is 13.7. The lowest BCUT2D eigenvalue weighted by Crippen LogP contribution is -2.42. The summed E-state index contributed by atoms with van der Waals surface area (Å²) >= 11 is 0. The summed E-state index contributed by atoms with van der Waals surface area (Å²) in [5, 5.41) is 0. The first-order valence-electron chi connectivity index (χ1n) is 8.38. The highest BCUT2D eigenvalue weighted by atomic mass is 16.5. The second kappa shape index (κ2) is 8.25. The Balaban J connectivity index is 1.63. The summed E-state index contributed by atoms with van der Waals surface area (Å²) in [6.45, 7) is 6.61. The predicted molar refractivity (Wildman–Crippen MR) is 92.5 cm³/mol. The molecule has 1 unspecified atom stereocenters. The van der Waals surface area contributed by atoms with Crippen molar-refractivity contribution in [3.05, 3.63) is 71.8 Å². The Kier molecular flexibility index (Phi) is 5.81. The Morgan fingerprint density at radius 3 is 2.22 bits per heavy atom. The van der Waals surface area contributed by atoms with Crippen molar-refractivity contribution in [2.24, 2.45) is 0 Å². The molecule has 1 aliphatic rings. The zero-order chi connectivity index (χ0) is 15.9. The Labute approximate surface area is 138 Å². The fourth-order valence-corrected chi connectivity index (χ4v) is 3.03. The lowest BCUT2D eigenvalue weighted by Gasteiger charge is -2.31. The highest BCUT2D eigenvalue weighted by Gasteiger charge is 2.18. The average Bonchev–Trinajstić information content (AvgIpc) is 2.60. The molecule has 0 amide bonds. The van der Waals surface area contributed by atoms with Crippen LogP contribution in [-0.4, -0.2) is 43.9 Å². The largest absolute Gasteiger partial charge is 0.376 e. The van der Waals surface area contributed by atoms with Crippen LogP contribution in [0.1, 0.15) is 24.2 Å². The summed E-state index contributed by atoms with van der Waals surface area (Å²) in [7, 11) is 0. The van der Waals surface area contributed by atoms with Crippen LogP contribution in [0.4, 0.5) is 0 Å². The van der Waals surface area contributed by atoms with E-state index in [1.165, 1.54) is 11.1 Å². The summed E-state index contributed by atoms with van der Waals surface area (Å²) in [4.78, 5) is 2.42. The maximum absolute atomic E-state index is 6.27. The van der Waals surface area contributed by atoms with Crippen molar-refractivity contribution in [1.29, 1.82) is 0 Å². The first-order chi connectivity index (χ1) is 11.3. The van der Waals surface area contributed by atoms with E-state index in [1.807, 2.05) is 12.1 Å². The van der Waals surface area contributed by atoms with Crippen LogP contribution in [0.15, 0.2) is 60.7 Å². The Morgan fingerprint density at radius 1 is 1.04 bits per heavy atom. The Morgan fingerprint density at radius 2 is 1.65 bits per heavy atom. The van der Waals surface area contributed by atoms with E-state index < -0.39 is 0 Å². The molecule has 3 heteroatoms. The molecular formula is C20H25NO2.